The molecule has 4 heteroatoms. The highest BCUT2D eigenvalue weighted by molar-refractivity contribution is 7.80. The zero-order chi connectivity index (χ0) is 15.9. The first kappa shape index (κ1) is 17.3. The van der Waals surface area contributed by atoms with Gasteiger partial charge in [-0.15, -0.1) is 0 Å². The van der Waals surface area contributed by atoms with Gasteiger partial charge in [-0.1, -0.05) is 50.0 Å². The van der Waals surface area contributed by atoms with Gasteiger partial charge in [-0.05, 0) is 31.2 Å². The standard InChI is InChI=1S/C16H19BN2S.C2H6/c17-13-4-1-3-11(9-13)16-15-6-2-5-14(20)8-7-12(15)10-18-19-16;1-2/h1,3-4,9-10,12,14-15,20H,2,5-8H2;1-2H3. The van der Waals surface area contributed by atoms with Gasteiger partial charge < -0.3 is 0 Å². The molecule has 3 atom stereocenters. The highest BCUT2D eigenvalue weighted by Crippen LogP contribution is 2.33. The minimum Gasteiger partial charge on any atom is -0.176 e. The van der Waals surface area contributed by atoms with E-state index in [0.29, 0.717) is 17.1 Å². The Balaban J connectivity index is 0.000000847. The van der Waals surface area contributed by atoms with Gasteiger partial charge in [-0.25, -0.2) is 0 Å². The zero-order valence-electron chi connectivity index (χ0n) is 13.6. The number of fused-ring (bicyclic) bond motifs is 1. The van der Waals surface area contributed by atoms with Gasteiger partial charge in [0.15, 0.2) is 0 Å². The zero-order valence-corrected chi connectivity index (χ0v) is 14.5. The lowest BCUT2D eigenvalue weighted by Crippen LogP contribution is -2.31. The molecule has 1 aliphatic carbocycles. The Morgan fingerprint density at radius 3 is 2.73 bits per heavy atom. The summed E-state index contributed by atoms with van der Waals surface area (Å²) in [6.45, 7) is 4.00. The second-order valence-electron chi connectivity index (χ2n) is 5.81. The van der Waals surface area contributed by atoms with E-state index >= 15 is 0 Å². The van der Waals surface area contributed by atoms with Crippen LogP contribution in [0.25, 0.3) is 0 Å². The normalized spacial score (nSPS) is 27.6. The van der Waals surface area contributed by atoms with Crippen molar-refractivity contribution < 1.29 is 0 Å². The largest absolute Gasteiger partial charge is 0.176 e. The molecule has 1 aromatic rings. The Labute approximate surface area is 141 Å². The van der Waals surface area contributed by atoms with E-state index in [4.69, 9.17) is 7.85 Å². The fourth-order valence-electron chi connectivity index (χ4n) is 3.26. The maximum absolute atomic E-state index is 5.90. The summed E-state index contributed by atoms with van der Waals surface area (Å²) >= 11 is 4.65. The SMILES string of the molecule is CC.[B]c1cccc(C2=NN=CC3CCC(S)CCCC23)c1. The quantitative estimate of drug-likeness (QED) is 0.603. The van der Waals surface area contributed by atoms with Gasteiger partial charge in [0.25, 0.3) is 0 Å². The first-order valence-electron chi connectivity index (χ1n) is 8.39. The molecule has 22 heavy (non-hydrogen) atoms. The van der Waals surface area contributed by atoms with Crippen molar-refractivity contribution in [2.24, 2.45) is 22.0 Å². The van der Waals surface area contributed by atoms with E-state index in [0.717, 1.165) is 23.2 Å². The van der Waals surface area contributed by atoms with Gasteiger partial charge in [0, 0.05) is 23.3 Å². The summed E-state index contributed by atoms with van der Waals surface area (Å²) in [5.41, 5.74) is 3.03. The number of nitrogens with zero attached hydrogens (tertiary/aromatic N) is 2. The minimum absolute atomic E-state index is 0.482. The van der Waals surface area contributed by atoms with Gasteiger partial charge in [-0.2, -0.15) is 22.8 Å². The molecule has 1 saturated carbocycles. The summed E-state index contributed by atoms with van der Waals surface area (Å²) in [5.74, 6) is 0.981. The molecule has 1 fully saturated rings. The molecule has 1 aliphatic heterocycles. The van der Waals surface area contributed by atoms with Crippen LogP contribution in [0.3, 0.4) is 0 Å². The van der Waals surface area contributed by atoms with E-state index in [9.17, 15) is 0 Å². The van der Waals surface area contributed by atoms with Crippen molar-refractivity contribution >= 4 is 37.9 Å². The van der Waals surface area contributed by atoms with Crippen LogP contribution < -0.4 is 5.46 Å². The lowest BCUT2D eigenvalue weighted by molar-refractivity contribution is 0.402. The molecule has 0 amide bonds. The fourth-order valence-corrected chi connectivity index (χ4v) is 3.59. The summed E-state index contributed by atoms with van der Waals surface area (Å²) in [6, 6.07) is 8.01. The van der Waals surface area contributed by atoms with Gasteiger partial charge in [-0.3, -0.25) is 0 Å². The van der Waals surface area contributed by atoms with Crippen LogP contribution in [-0.2, 0) is 0 Å². The molecule has 3 unspecified atom stereocenters. The predicted octanol–water partition coefficient (Wildman–Crippen LogP) is 3.79. The summed E-state index contributed by atoms with van der Waals surface area (Å²) in [7, 11) is 5.90. The molecule has 0 saturated heterocycles. The van der Waals surface area contributed by atoms with Gasteiger partial charge in [0.1, 0.15) is 7.85 Å². The summed E-state index contributed by atoms with van der Waals surface area (Å²) in [6.07, 6.45) is 7.94. The number of rotatable bonds is 1. The van der Waals surface area contributed by atoms with Crippen molar-refractivity contribution in [3.8, 4) is 0 Å². The summed E-state index contributed by atoms with van der Waals surface area (Å²) < 4.78 is 0. The van der Waals surface area contributed by atoms with E-state index in [-0.39, 0.29) is 0 Å². The molecule has 2 aliphatic rings. The average Bonchev–Trinajstić information content (AvgIpc) is 2.53. The molecule has 116 valence electrons. The smallest absolute Gasteiger partial charge is 0.113 e. The number of hydrogen-bond acceptors (Lipinski definition) is 3. The fraction of sp³-hybridized carbons (Fsp3) is 0.556. The van der Waals surface area contributed by atoms with Crippen LogP contribution in [0.2, 0.25) is 0 Å². The van der Waals surface area contributed by atoms with Crippen LogP contribution >= 0.6 is 12.6 Å². The summed E-state index contributed by atoms with van der Waals surface area (Å²) in [4.78, 5) is 0. The van der Waals surface area contributed by atoms with Gasteiger partial charge >= 0.3 is 0 Å². The lowest BCUT2D eigenvalue weighted by atomic mass is 9.76. The monoisotopic (exact) mass is 312 g/mol. The summed E-state index contributed by atoms with van der Waals surface area (Å²) in [5, 5.41) is 9.21. The second-order valence-corrected chi connectivity index (χ2v) is 6.54. The third kappa shape index (κ3) is 4.25. The third-order valence-corrected chi connectivity index (χ3v) is 4.88. The molecular formula is C18H25BN2S. The first-order valence-corrected chi connectivity index (χ1v) is 8.90. The van der Waals surface area contributed by atoms with Crippen molar-refractivity contribution in [3.05, 3.63) is 29.8 Å². The molecule has 0 spiro atoms. The van der Waals surface area contributed by atoms with Gasteiger partial charge in [0.05, 0.1) is 5.71 Å². The Hall–Kier alpha value is -1.03. The van der Waals surface area contributed by atoms with E-state index in [1.54, 1.807) is 0 Å². The highest BCUT2D eigenvalue weighted by atomic mass is 32.1. The van der Waals surface area contributed by atoms with E-state index < -0.39 is 0 Å². The third-order valence-electron chi connectivity index (χ3n) is 4.36. The van der Waals surface area contributed by atoms with E-state index in [2.05, 4.69) is 28.9 Å². The molecular weight excluding hydrogens is 287 g/mol. The Kier molecular flexibility index (Phi) is 6.75. The number of hydrogen-bond donors (Lipinski definition) is 1. The maximum Gasteiger partial charge on any atom is 0.113 e. The molecule has 3 rings (SSSR count). The molecule has 0 bridgehead atoms. The number of thiol groups is 1. The molecule has 0 N–H and O–H groups in total. The van der Waals surface area contributed by atoms with Crippen LogP contribution in [0.1, 0.15) is 51.5 Å². The van der Waals surface area contributed by atoms with Crippen LogP contribution in [-0.4, -0.2) is 25.0 Å². The number of benzene rings is 1. The van der Waals surface area contributed by atoms with Crippen LogP contribution in [0.5, 0.6) is 0 Å². The predicted molar refractivity (Wildman–Crippen MR) is 101 cm³/mol. The Morgan fingerprint density at radius 1 is 1.14 bits per heavy atom. The molecule has 0 aromatic heterocycles. The maximum atomic E-state index is 5.90. The van der Waals surface area contributed by atoms with Crippen molar-refractivity contribution in [1.82, 2.24) is 0 Å². The molecule has 1 aromatic carbocycles. The van der Waals surface area contributed by atoms with Crippen molar-refractivity contribution in [2.45, 2.75) is 51.2 Å². The highest BCUT2D eigenvalue weighted by Gasteiger charge is 2.30. The van der Waals surface area contributed by atoms with Crippen molar-refractivity contribution in [3.63, 3.8) is 0 Å². The van der Waals surface area contributed by atoms with Crippen molar-refractivity contribution in [2.75, 3.05) is 0 Å². The minimum atomic E-state index is 0.482. The molecule has 1 heterocycles. The van der Waals surface area contributed by atoms with E-state index in [1.165, 1.54) is 25.7 Å². The Morgan fingerprint density at radius 2 is 1.95 bits per heavy atom. The molecule has 2 radical (unpaired) electrons. The second kappa shape index (κ2) is 8.57. The topological polar surface area (TPSA) is 24.7 Å². The van der Waals surface area contributed by atoms with Crippen LogP contribution in [0.15, 0.2) is 34.5 Å². The average molecular weight is 312 g/mol. The Bertz CT molecular complexity index is 542. The lowest BCUT2D eigenvalue weighted by Gasteiger charge is -2.31. The van der Waals surface area contributed by atoms with Crippen LogP contribution in [0.4, 0.5) is 0 Å². The first-order chi connectivity index (χ1) is 10.7. The van der Waals surface area contributed by atoms with Gasteiger partial charge in [0.2, 0.25) is 0 Å². The van der Waals surface area contributed by atoms with E-state index in [1.807, 2.05) is 38.3 Å². The molecule has 2 nitrogen and oxygen atoms in total. The van der Waals surface area contributed by atoms with Crippen molar-refractivity contribution in [1.29, 1.82) is 0 Å². The van der Waals surface area contributed by atoms with Crippen LogP contribution in [0, 0.1) is 11.8 Å².